The van der Waals surface area contributed by atoms with E-state index in [2.05, 4.69) is 5.32 Å². The van der Waals surface area contributed by atoms with Gasteiger partial charge in [0.15, 0.2) is 0 Å². The largest absolute Gasteiger partial charge is 0.481 e. The summed E-state index contributed by atoms with van der Waals surface area (Å²) in [5.41, 5.74) is -0.0191. The Morgan fingerprint density at radius 1 is 1.44 bits per heavy atom. The van der Waals surface area contributed by atoms with Crippen molar-refractivity contribution in [3.8, 4) is 0 Å². The molecule has 1 aliphatic rings. The lowest BCUT2D eigenvalue weighted by Gasteiger charge is -2.11. The van der Waals surface area contributed by atoms with E-state index in [1.807, 2.05) is 0 Å². The van der Waals surface area contributed by atoms with Crippen molar-refractivity contribution in [2.45, 2.75) is 19.4 Å². The SMILES string of the molecule is O=C(O)C1(CNCc2ccccc2F)CC1. The summed E-state index contributed by atoms with van der Waals surface area (Å²) < 4.78 is 13.2. The number of hydrogen-bond donors (Lipinski definition) is 2. The van der Waals surface area contributed by atoms with Crippen LogP contribution in [0.15, 0.2) is 24.3 Å². The fourth-order valence-electron chi connectivity index (χ4n) is 1.70. The minimum atomic E-state index is -0.756. The molecular weight excluding hydrogens is 209 g/mol. The van der Waals surface area contributed by atoms with E-state index in [-0.39, 0.29) is 5.82 Å². The van der Waals surface area contributed by atoms with Gasteiger partial charge in [-0.05, 0) is 18.9 Å². The predicted octanol–water partition coefficient (Wildman–Crippen LogP) is 1.78. The molecule has 4 heteroatoms. The standard InChI is InChI=1S/C12H14FNO2/c13-10-4-2-1-3-9(10)7-14-8-12(5-6-12)11(15)16/h1-4,14H,5-8H2,(H,15,16). The van der Waals surface area contributed by atoms with Crippen LogP contribution in [0.25, 0.3) is 0 Å². The molecule has 0 radical (unpaired) electrons. The Balaban J connectivity index is 1.85. The maximum atomic E-state index is 13.2. The summed E-state index contributed by atoms with van der Waals surface area (Å²) in [4.78, 5) is 10.9. The first-order valence-corrected chi connectivity index (χ1v) is 5.32. The van der Waals surface area contributed by atoms with Crippen molar-refractivity contribution in [2.24, 2.45) is 5.41 Å². The Morgan fingerprint density at radius 2 is 2.12 bits per heavy atom. The van der Waals surface area contributed by atoms with Gasteiger partial charge in [0, 0.05) is 18.7 Å². The number of nitrogens with one attached hydrogen (secondary N) is 1. The zero-order chi connectivity index (χ0) is 11.6. The van der Waals surface area contributed by atoms with E-state index in [4.69, 9.17) is 5.11 Å². The van der Waals surface area contributed by atoms with Crippen LogP contribution in [0, 0.1) is 11.2 Å². The van der Waals surface area contributed by atoms with Gasteiger partial charge in [-0.15, -0.1) is 0 Å². The van der Waals surface area contributed by atoms with E-state index < -0.39 is 11.4 Å². The van der Waals surface area contributed by atoms with Crippen molar-refractivity contribution in [3.63, 3.8) is 0 Å². The quantitative estimate of drug-likeness (QED) is 0.800. The third-order valence-corrected chi connectivity index (χ3v) is 3.04. The summed E-state index contributed by atoms with van der Waals surface area (Å²) in [7, 11) is 0. The van der Waals surface area contributed by atoms with Crippen molar-refractivity contribution in [2.75, 3.05) is 6.54 Å². The number of benzene rings is 1. The number of halogens is 1. The van der Waals surface area contributed by atoms with Crippen LogP contribution < -0.4 is 5.32 Å². The van der Waals surface area contributed by atoms with E-state index in [1.54, 1.807) is 18.2 Å². The highest BCUT2D eigenvalue weighted by molar-refractivity contribution is 5.78. The first kappa shape index (κ1) is 11.1. The minimum absolute atomic E-state index is 0.254. The average molecular weight is 223 g/mol. The van der Waals surface area contributed by atoms with Crippen molar-refractivity contribution in [1.82, 2.24) is 5.32 Å². The van der Waals surface area contributed by atoms with E-state index in [0.29, 0.717) is 31.5 Å². The lowest BCUT2D eigenvalue weighted by molar-refractivity contribution is -0.143. The molecule has 0 bridgehead atoms. The zero-order valence-electron chi connectivity index (χ0n) is 8.87. The summed E-state index contributed by atoms with van der Waals surface area (Å²) in [6.07, 6.45) is 1.43. The molecule has 0 saturated heterocycles. The van der Waals surface area contributed by atoms with Gasteiger partial charge in [-0.25, -0.2) is 4.39 Å². The number of carboxylic acid groups (broad SMARTS) is 1. The van der Waals surface area contributed by atoms with Gasteiger partial charge < -0.3 is 10.4 Å². The second-order valence-corrected chi connectivity index (χ2v) is 4.28. The molecule has 16 heavy (non-hydrogen) atoms. The molecule has 0 spiro atoms. The molecule has 1 aliphatic carbocycles. The molecule has 0 heterocycles. The maximum absolute atomic E-state index is 13.2. The van der Waals surface area contributed by atoms with Crippen LogP contribution >= 0.6 is 0 Å². The van der Waals surface area contributed by atoms with Crippen molar-refractivity contribution >= 4 is 5.97 Å². The summed E-state index contributed by atoms with van der Waals surface area (Å²) >= 11 is 0. The van der Waals surface area contributed by atoms with Crippen LogP contribution in [0.1, 0.15) is 18.4 Å². The first-order valence-electron chi connectivity index (χ1n) is 5.32. The van der Waals surface area contributed by atoms with E-state index in [0.717, 1.165) is 0 Å². The summed E-state index contributed by atoms with van der Waals surface area (Å²) in [5.74, 6) is -1.01. The van der Waals surface area contributed by atoms with Gasteiger partial charge in [-0.2, -0.15) is 0 Å². The van der Waals surface area contributed by atoms with Crippen LogP contribution in [0.4, 0.5) is 4.39 Å². The number of hydrogen-bond acceptors (Lipinski definition) is 2. The predicted molar refractivity (Wildman–Crippen MR) is 57.4 cm³/mol. The molecule has 2 rings (SSSR count). The fraction of sp³-hybridized carbons (Fsp3) is 0.417. The highest BCUT2D eigenvalue weighted by Crippen LogP contribution is 2.45. The molecule has 1 fully saturated rings. The van der Waals surface area contributed by atoms with E-state index >= 15 is 0 Å². The Bertz CT molecular complexity index is 402. The number of carboxylic acids is 1. The van der Waals surface area contributed by atoms with E-state index in [9.17, 15) is 9.18 Å². The summed E-state index contributed by atoms with van der Waals surface area (Å²) in [5, 5.41) is 11.9. The van der Waals surface area contributed by atoms with Crippen molar-refractivity contribution < 1.29 is 14.3 Å². The first-order chi connectivity index (χ1) is 7.64. The van der Waals surface area contributed by atoms with Gasteiger partial charge in [0.05, 0.1) is 5.41 Å². The summed E-state index contributed by atoms with van der Waals surface area (Å²) in [6, 6.07) is 6.51. The lowest BCUT2D eigenvalue weighted by atomic mass is 10.1. The van der Waals surface area contributed by atoms with Gasteiger partial charge in [-0.3, -0.25) is 4.79 Å². The molecular formula is C12H14FNO2. The molecule has 3 nitrogen and oxygen atoms in total. The number of carbonyl (C=O) groups is 1. The fourth-order valence-corrected chi connectivity index (χ4v) is 1.70. The average Bonchev–Trinajstić information content (AvgIpc) is 3.02. The van der Waals surface area contributed by atoms with Crippen molar-refractivity contribution in [3.05, 3.63) is 35.6 Å². The smallest absolute Gasteiger partial charge is 0.310 e. The third-order valence-electron chi connectivity index (χ3n) is 3.04. The molecule has 2 N–H and O–H groups in total. The molecule has 0 atom stereocenters. The molecule has 0 amide bonds. The molecule has 1 saturated carbocycles. The van der Waals surface area contributed by atoms with Crippen molar-refractivity contribution in [1.29, 1.82) is 0 Å². The molecule has 0 unspecified atom stereocenters. The third kappa shape index (κ3) is 2.22. The Kier molecular flexibility index (Phi) is 2.92. The van der Waals surface area contributed by atoms with Gasteiger partial charge >= 0.3 is 5.97 Å². The summed E-state index contributed by atoms with van der Waals surface area (Å²) in [6.45, 7) is 0.790. The molecule has 1 aromatic rings. The number of aliphatic carboxylic acids is 1. The Hall–Kier alpha value is -1.42. The maximum Gasteiger partial charge on any atom is 0.310 e. The van der Waals surface area contributed by atoms with Gasteiger partial charge in [0.25, 0.3) is 0 Å². The normalized spacial score (nSPS) is 17.1. The van der Waals surface area contributed by atoms with Gasteiger partial charge in [-0.1, -0.05) is 18.2 Å². The highest BCUT2D eigenvalue weighted by atomic mass is 19.1. The van der Waals surface area contributed by atoms with E-state index in [1.165, 1.54) is 6.07 Å². The Labute approximate surface area is 93.3 Å². The van der Waals surface area contributed by atoms with Crippen LogP contribution in [-0.2, 0) is 11.3 Å². The molecule has 1 aromatic carbocycles. The highest BCUT2D eigenvalue weighted by Gasteiger charge is 2.49. The second kappa shape index (κ2) is 4.22. The van der Waals surface area contributed by atoms with Crippen LogP contribution in [0.5, 0.6) is 0 Å². The number of rotatable bonds is 5. The molecule has 86 valence electrons. The second-order valence-electron chi connectivity index (χ2n) is 4.28. The van der Waals surface area contributed by atoms with Crippen LogP contribution in [0.3, 0.4) is 0 Å². The Morgan fingerprint density at radius 3 is 2.69 bits per heavy atom. The van der Waals surface area contributed by atoms with Gasteiger partial charge in [0.1, 0.15) is 5.82 Å². The lowest BCUT2D eigenvalue weighted by Crippen LogP contribution is -2.29. The van der Waals surface area contributed by atoms with Crippen LogP contribution in [0.2, 0.25) is 0 Å². The molecule has 0 aliphatic heterocycles. The topological polar surface area (TPSA) is 49.3 Å². The minimum Gasteiger partial charge on any atom is -0.481 e. The monoisotopic (exact) mass is 223 g/mol. The molecule has 0 aromatic heterocycles. The van der Waals surface area contributed by atoms with Gasteiger partial charge in [0.2, 0.25) is 0 Å². The zero-order valence-corrected chi connectivity index (χ0v) is 8.87. The van der Waals surface area contributed by atoms with Crippen LogP contribution in [-0.4, -0.2) is 17.6 Å².